The van der Waals surface area contributed by atoms with E-state index in [0.29, 0.717) is 21.2 Å². The first kappa shape index (κ1) is 18.3. The molecule has 2 amide bonds. The number of ketones is 1. The van der Waals surface area contributed by atoms with Crippen LogP contribution in [0.1, 0.15) is 20.1 Å². The summed E-state index contributed by atoms with van der Waals surface area (Å²) in [6.45, 7) is 0.170. The maximum Gasteiger partial charge on any atom is 0.313 e. The molecular formula is C18H13ClN2O3S2. The quantitative estimate of drug-likeness (QED) is 0.499. The summed E-state index contributed by atoms with van der Waals surface area (Å²) in [4.78, 5) is 37.4. The molecule has 5 nitrogen and oxygen atoms in total. The normalized spacial score (nSPS) is 10.3. The second-order valence-electron chi connectivity index (χ2n) is 5.25. The van der Waals surface area contributed by atoms with Crippen LogP contribution in [0.5, 0.6) is 0 Å². The number of hydrogen-bond donors (Lipinski definition) is 2. The van der Waals surface area contributed by atoms with Crippen LogP contribution in [0, 0.1) is 0 Å². The van der Waals surface area contributed by atoms with E-state index in [2.05, 4.69) is 10.6 Å². The van der Waals surface area contributed by atoms with E-state index in [1.54, 1.807) is 47.8 Å². The molecule has 0 spiro atoms. The summed E-state index contributed by atoms with van der Waals surface area (Å²) in [5, 5.41) is 9.12. The van der Waals surface area contributed by atoms with Crippen molar-refractivity contribution in [3.63, 3.8) is 0 Å². The van der Waals surface area contributed by atoms with Crippen molar-refractivity contribution in [3.05, 3.63) is 73.6 Å². The molecule has 3 rings (SSSR count). The summed E-state index contributed by atoms with van der Waals surface area (Å²) in [5.74, 6) is -1.59. The lowest BCUT2D eigenvalue weighted by Crippen LogP contribution is -2.34. The van der Waals surface area contributed by atoms with Crippen molar-refractivity contribution in [1.82, 2.24) is 5.32 Å². The Morgan fingerprint density at radius 1 is 1.04 bits per heavy atom. The van der Waals surface area contributed by atoms with Gasteiger partial charge in [0.25, 0.3) is 0 Å². The second-order valence-corrected chi connectivity index (χ2v) is 7.64. The SMILES string of the molecule is O=C(NCc1ccc(C(=O)c2ccsc2)s1)C(=O)Nc1cccc(Cl)c1. The Morgan fingerprint density at radius 3 is 2.62 bits per heavy atom. The Hall–Kier alpha value is -2.48. The second kappa shape index (κ2) is 8.27. The Bertz CT molecular complexity index is 951. The van der Waals surface area contributed by atoms with Crippen LogP contribution >= 0.6 is 34.3 Å². The standard InChI is InChI=1S/C18H13ClN2O3S2/c19-12-2-1-3-13(8-12)21-18(24)17(23)20-9-14-4-5-15(26-14)16(22)11-6-7-25-10-11/h1-8,10H,9H2,(H,20,23)(H,21,24). The Morgan fingerprint density at radius 2 is 1.88 bits per heavy atom. The largest absolute Gasteiger partial charge is 0.343 e. The molecule has 2 heterocycles. The first-order valence-electron chi connectivity index (χ1n) is 7.53. The zero-order valence-corrected chi connectivity index (χ0v) is 15.7. The van der Waals surface area contributed by atoms with E-state index in [9.17, 15) is 14.4 Å². The Kier molecular flexibility index (Phi) is 5.82. The number of nitrogens with one attached hydrogen (secondary N) is 2. The van der Waals surface area contributed by atoms with Crippen molar-refractivity contribution < 1.29 is 14.4 Å². The molecule has 26 heavy (non-hydrogen) atoms. The van der Waals surface area contributed by atoms with Crippen molar-refractivity contribution >= 4 is 57.6 Å². The number of hydrogen-bond acceptors (Lipinski definition) is 5. The van der Waals surface area contributed by atoms with E-state index >= 15 is 0 Å². The van der Waals surface area contributed by atoms with Gasteiger partial charge in [-0.1, -0.05) is 17.7 Å². The third-order valence-electron chi connectivity index (χ3n) is 3.38. The summed E-state index contributed by atoms with van der Waals surface area (Å²) in [6.07, 6.45) is 0. The molecule has 0 aliphatic heterocycles. The Labute approximate surface area is 162 Å². The van der Waals surface area contributed by atoms with E-state index in [1.807, 2.05) is 5.38 Å². The average molecular weight is 405 g/mol. The summed E-state index contributed by atoms with van der Waals surface area (Å²) < 4.78 is 0. The average Bonchev–Trinajstić information content (AvgIpc) is 3.31. The Balaban J connectivity index is 1.54. The molecule has 0 fully saturated rings. The summed E-state index contributed by atoms with van der Waals surface area (Å²) in [7, 11) is 0. The topological polar surface area (TPSA) is 75.3 Å². The molecule has 3 aromatic rings. The molecule has 0 saturated carbocycles. The van der Waals surface area contributed by atoms with Gasteiger partial charge in [0.05, 0.1) is 11.4 Å². The fourth-order valence-corrected chi connectivity index (χ4v) is 3.87. The molecule has 8 heteroatoms. The summed E-state index contributed by atoms with van der Waals surface area (Å²) >= 11 is 8.59. The predicted molar refractivity (Wildman–Crippen MR) is 104 cm³/mol. The van der Waals surface area contributed by atoms with Gasteiger partial charge in [0.15, 0.2) is 0 Å². The highest BCUT2D eigenvalue weighted by atomic mass is 35.5. The zero-order valence-electron chi connectivity index (χ0n) is 13.3. The van der Waals surface area contributed by atoms with Crippen molar-refractivity contribution in [2.75, 3.05) is 5.32 Å². The van der Waals surface area contributed by atoms with Crippen LogP contribution in [0.15, 0.2) is 53.2 Å². The molecule has 0 atom stereocenters. The molecule has 0 saturated heterocycles. The van der Waals surface area contributed by atoms with Gasteiger partial charge < -0.3 is 10.6 Å². The van der Waals surface area contributed by atoms with Crippen LogP contribution in [-0.2, 0) is 16.1 Å². The fourth-order valence-electron chi connectivity index (χ4n) is 2.13. The van der Waals surface area contributed by atoms with Gasteiger partial charge in [0, 0.05) is 26.5 Å². The van der Waals surface area contributed by atoms with Crippen molar-refractivity contribution in [2.24, 2.45) is 0 Å². The van der Waals surface area contributed by atoms with Gasteiger partial charge in [0.2, 0.25) is 5.78 Å². The number of anilines is 1. The van der Waals surface area contributed by atoms with Gasteiger partial charge in [0.1, 0.15) is 0 Å². The van der Waals surface area contributed by atoms with Crippen LogP contribution in [0.2, 0.25) is 5.02 Å². The molecule has 0 bridgehead atoms. The smallest absolute Gasteiger partial charge is 0.313 e. The number of thiophene rings is 2. The fraction of sp³-hybridized carbons (Fsp3) is 0.0556. The predicted octanol–water partition coefficient (Wildman–Crippen LogP) is 3.95. The molecule has 132 valence electrons. The van der Waals surface area contributed by atoms with Gasteiger partial charge in [-0.05, 0) is 41.8 Å². The monoisotopic (exact) mass is 404 g/mol. The van der Waals surface area contributed by atoms with Gasteiger partial charge in [-0.2, -0.15) is 11.3 Å². The van der Waals surface area contributed by atoms with Crippen molar-refractivity contribution in [1.29, 1.82) is 0 Å². The van der Waals surface area contributed by atoms with Crippen LogP contribution < -0.4 is 10.6 Å². The van der Waals surface area contributed by atoms with Crippen LogP contribution in [-0.4, -0.2) is 17.6 Å². The maximum absolute atomic E-state index is 12.3. The minimum Gasteiger partial charge on any atom is -0.343 e. The first-order valence-corrected chi connectivity index (χ1v) is 9.67. The molecule has 0 unspecified atom stereocenters. The number of carbonyl (C=O) groups is 3. The zero-order chi connectivity index (χ0) is 18.5. The molecule has 0 aliphatic rings. The molecule has 2 N–H and O–H groups in total. The van der Waals surface area contributed by atoms with Gasteiger partial charge in [-0.25, -0.2) is 0 Å². The van der Waals surface area contributed by atoms with E-state index in [0.717, 1.165) is 4.88 Å². The number of rotatable bonds is 5. The highest BCUT2D eigenvalue weighted by Crippen LogP contribution is 2.21. The van der Waals surface area contributed by atoms with E-state index < -0.39 is 11.8 Å². The molecule has 0 aliphatic carbocycles. The number of amides is 2. The maximum atomic E-state index is 12.3. The number of benzene rings is 1. The van der Waals surface area contributed by atoms with Gasteiger partial charge in [-0.15, -0.1) is 11.3 Å². The van der Waals surface area contributed by atoms with Gasteiger partial charge in [-0.3, -0.25) is 14.4 Å². The summed E-state index contributed by atoms with van der Waals surface area (Å²) in [5.41, 5.74) is 1.09. The number of carbonyl (C=O) groups excluding carboxylic acids is 3. The highest BCUT2D eigenvalue weighted by Gasteiger charge is 2.15. The molecule has 1 aromatic carbocycles. The lowest BCUT2D eigenvalue weighted by atomic mass is 10.2. The minimum absolute atomic E-state index is 0.0486. The highest BCUT2D eigenvalue weighted by molar-refractivity contribution is 7.14. The first-order chi connectivity index (χ1) is 12.5. The van der Waals surface area contributed by atoms with E-state index in [1.165, 1.54) is 22.7 Å². The van der Waals surface area contributed by atoms with Gasteiger partial charge >= 0.3 is 11.8 Å². The van der Waals surface area contributed by atoms with E-state index in [-0.39, 0.29) is 12.3 Å². The molecule has 2 aromatic heterocycles. The van der Waals surface area contributed by atoms with Crippen molar-refractivity contribution in [3.8, 4) is 0 Å². The molecule has 0 radical (unpaired) electrons. The van der Waals surface area contributed by atoms with E-state index in [4.69, 9.17) is 11.6 Å². The summed E-state index contributed by atoms with van der Waals surface area (Å²) in [6, 6.07) is 11.8. The van der Waals surface area contributed by atoms with Crippen LogP contribution in [0.4, 0.5) is 5.69 Å². The molecular weight excluding hydrogens is 392 g/mol. The lowest BCUT2D eigenvalue weighted by Gasteiger charge is -2.06. The lowest BCUT2D eigenvalue weighted by molar-refractivity contribution is -0.136. The van der Waals surface area contributed by atoms with Crippen LogP contribution in [0.25, 0.3) is 0 Å². The van der Waals surface area contributed by atoms with Crippen LogP contribution in [0.3, 0.4) is 0 Å². The third-order valence-corrected chi connectivity index (χ3v) is 5.38. The minimum atomic E-state index is -0.779. The third kappa shape index (κ3) is 4.57. The number of halogens is 1. The van der Waals surface area contributed by atoms with Crippen molar-refractivity contribution in [2.45, 2.75) is 6.54 Å².